The predicted octanol–water partition coefficient (Wildman–Crippen LogP) is 0.644. The molecule has 6 rings (SSSR count). The number of amides is 2. The molecule has 2 amide bonds. The van der Waals surface area contributed by atoms with Gasteiger partial charge in [-0.15, -0.1) is 5.10 Å². The van der Waals surface area contributed by atoms with E-state index in [4.69, 9.17) is 9.47 Å². The second-order valence-corrected chi connectivity index (χ2v) is 9.90. The number of hydrogen-bond donors (Lipinski definition) is 1. The summed E-state index contributed by atoms with van der Waals surface area (Å²) in [6, 6.07) is 6.58. The topological polar surface area (TPSA) is 127 Å². The first-order valence-electron chi connectivity index (χ1n) is 12.7. The van der Waals surface area contributed by atoms with Crippen molar-refractivity contribution in [2.24, 2.45) is 11.8 Å². The molecule has 11 nitrogen and oxygen atoms in total. The van der Waals surface area contributed by atoms with Crippen molar-refractivity contribution in [3.05, 3.63) is 48.6 Å². The van der Waals surface area contributed by atoms with Crippen LogP contribution in [-0.4, -0.2) is 91.7 Å². The summed E-state index contributed by atoms with van der Waals surface area (Å²) in [6.45, 7) is 0.973. The molecule has 0 saturated carbocycles. The van der Waals surface area contributed by atoms with E-state index in [-0.39, 0.29) is 31.7 Å². The van der Waals surface area contributed by atoms with Gasteiger partial charge in [0.1, 0.15) is 36.4 Å². The van der Waals surface area contributed by atoms with Crippen molar-refractivity contribution in [1.29, 1.82) is 0 Å². The fraction of sp³-hybridized carbons (Fsp3) is 0.500. The van der Waals surface area contributed by atoms with Crippen molar-refractivity contribution in [2.75, 3.05) is 26.3 Å². The Kier molecular flexibility index (Phi) is 6.04. The maximum Gasteiger partial charge on any atom is 0.313 e. The van der Waals surface area contributed by atoms with Crippen molar-refractivity contribution < 1.29 is 29.0 Å². The van der Waals surface area contributed by atoms with Gasteiger partial charge >= 0.3 is 5.97 Å². The van der Waals surface area contributed by atoms with E-state index in [1.165, 1.54) is 0 Å². The molecule has 1 N–H and O–H groups in total. The van der Waals surface area contributed by atoms with Crippen molar-refractivity contribution in [3.63, 3.8) is 0 Å². The van der Waals surface area contributed by atoms with Gasteiger partial charge in [0.05, 0.1) is 17.5 Å². The van der Waals surface area contributed by atoms with Gasteiger partial charge in [0.15, 0.2) is 0 Å². The lowest BCUT2D eigenvalue weighted by Gasteiger charge is -2.35. The van der Waals surface area contributed by atoms with Crippen LogP contribution in [-0.2, 0) is 30.5 Å². The van der Waals surface area contributed by atoms with Gasteiger partial charge in [0, 0.05) is 19.7 Å². The van der Waals surface area contributed by atoms with Gasteiger partial charge < -0.3 is 24.4 Å². The molecule has 2 fully saturated rings. The molecule has 1 aromatic heterocycles. The van der Waals surface area contributed by atoms with E-state index in [9.17, 15) is 19.5 Å². The quantitative estimate of drug-likeness (QED) is 0.329. The van der Waals surface area contributed by atoms with E-state index in [1.807, 2.05) is 30.3 Å². The molecular weight excluding hydrogens is 478 g/mol. The van der Waals surface area contributed by atoms with E-state index in [2.05, 4.69) is 10.3 Å². The standard InChI is InChI=1S/C26H29N5O6/c32-14-5-1-4-13-30-22-24(34)29(16-31-18-9-3-2-8-17(18)27-28-31)12-7-11-26(22)21(23(30)33)20-19(37-26)10-6-15-36-25(20)35/h2-3,6-11,19-22,32H,1,4-5,12-16H2/t19-,20+,21-,22?,26-/m0/s1. The number of ether oxygens (including phenoxy) is 2. The summed E-state index contributed by atoms with van der Waals surface area (Å²) < 4.78 is 13.5. The van der Waals surface area contributed by atoms with Crippen molar-refractivity contribution in [1.82, 2.24) is 24.8 Å². The minimum atomic E-state index is -1.28. The minimum Gasteiger partial charge on any atom is -0.461 e. The maximum atomic E-state index is 14.2. The van der Waals surface area contributed by atoms with Crippen LogP contribution in [0.15, 0.2) is 48.6 Å². The lowest BCUT2D eigenvalue weighted by atomic mass is 9.78. The minimum absolute atomic E-state index is 0.0658. The van der Waals surface area contributed by atoms with Crippen LogP contribution >= 0.6 is 0 Å². The van der Waals surface area contributed by atoms with Crippen LogP contribution in [0, 0.1) is 11.8 Å². The Balaban J connectivity index is 1.36. The third kappa shape index (κ3) is 3.75. The summed E-state index contributed by atoms with van der Waals surface area (Å²) in [5.41, 5.74) is 0.245. The SMILES string of the molecule is O=C1OCC=C[C@@H]2O[C@]34C=CCN(Cn5nnc6ccccc65)C(=O)C3N(CCCCCO)C(=O)[C@@H]4[C@H]12. The highest BCUT2D eigenvalue weighted by Crippen LogP contribution is 2.53. The summed E-state index contributed by atoms with van der Waals surface area (Å²) in [5.74, 6) is -2.71. The molecule has 1 aromatic carbocycles. The monoisotopic (exact) mass is 507 g/mol. The molecule has 194 valence electrons. The fourth-order valence-electron chi connectivity index (χ4n) is 6.14. The van der Waals surface area contributed by atoms with Crippen molar-refractivity contribution in [2.45, 2.75) is 43.7 Å². The van der Waals surface area contributed by atoms with Crippen LogP contribution in [0.3, 0.4) is 0 Å². The summed E-state index contributed by atoms with van der Waals surface area (Å²) in [6.07, 6.45) is 8.42. The molecule has 5 atom stereocenters. The highest BCUT2D eigenvalue weighted by molar-refractivity contribution is 5.99. The third-order valence-corrected chi connectivity index (χ3v) is 7.78. The average molecular weight is 508 g/mol. The summed E-state index contributed by atoms with van der Waals surface area (Å²) in [5, 5.41) is 17.6. The molecular formula is C26H29N5O6. The first kappa shape index (κ1) is 23.8. The van der Waals surface area contributed by atoms with Crippen LogP contribution in [0.1, 0.15) is 19.3 Å². The number of benzene rings is 1. The number of aliphatic hydroxyl groups excluding tert-OH is 1. The third-order valence-electron chi connectivity index (χ3n) is 7.78. The predicted molar refractivity (Wildman–Crippen MR) is 130 cm³/mol. The summed E-state index contributed by atoms with van der Waals surface area (Å²) in [4.78, 5) is 44.3. The molecule has 4 aliphatic heterocycles. The van der Waals surface area contributed by atoms with Gasteiger partial charge in [-0.05, 0) is 37.5 Å². The molecule has 5 heterocycles. The van der Waals surface area contributed by atoms with Crippen molar-refractivity contribution >= 4 is 28.8 Å². The number of carbonyl (C=O) groups is 3. The van der Waals surface area contributed by atoms with Crippen LogP contribution in [0.25, 0.3) is 11.0 Å². The molecule has 37 heavy (non-hydrogen) atoms. The largest absolute Gasteiger partial charge is 0.461 e. The van der Waals surface area contributed by atoms with E-state index in [0.717, 1.165) is 11.0 Å². The van der Waals surface area contributed by atoms with Gasteiger partial charge in [-0.2, -0.15) is 0 Å². The van der Waals surface area contributed by atoms with E-state index >= 15 is 0 Å². The van der Waals surface area contributed by atoms with Crippen LogP contribution in [0.5, 0.6) is 0 Å². The number of aliphatic hydroxyl groups is 1. The molecule has 4 aliphatic rings. The first-order valence-corrected chi connectivity index (χ1v) is 12.7. The van der Waals surface area contributed by atoms with Gasteiger partial charge in [0.25, 0.3) is 5.91 Å². The lowest BCUT2D eigenvalue weighted by Crippen LogP contribution is -2.55. The Morgan fingerprint density at radius 2 is 1.95 bits per heavy atom. The second-order valence-electron chi connectivity index (χ2n) is 9.90. The maximum absolute atomic E-state index is 14.2. The highest BCUT2D eigenvalue weighted by atomic mass is 16.6. The average Bonchev–Trinajstić information content (AvgIpc) is 3.44. The van der Waals surface area contributed by atoms with Gasteiger partial charge in [-0.25, -0.2) is 4.68 Å². The number of esters is 1. The molecule has 1 spiro atoms. The number of nitrogens with zero attached hydrogens (tertiary/aromatic N) is 5. The van der Waals surface area contributed by atoms with E-state index in [1.54, 1.807) is 32.7 Å². The normalized spacial score (nSPS) is 30.8. The van der Waals surface area contributed by atoms with Crippen LogP contribution in [0.2, 0.25) is 0 Å². The van der Waals surface area contributed by atoms with Crippen LogP contribution < -0.4 is 0 Å². The molecule has 2 aromatic rings. The van der Waals surface area contributed by atoms with Crippen LogP contribution in [0.4, 0.5) is 0 Å². The van der Waals surface area contributed by atoms with Gasteiger partial charge in [0.2, 0.25) is 5.91 Å². The first-order chi connectivity index (χ1) is 18.0. The number of likely N-dealkylation sites (tertiary alicyclic amines) is 1. The molecule has 0 bridgehead atoms. The van der Waals surface area contributed by atoms with Gasteiger partial charge in [-0.1, -0.05) is 35.6 Å². The Hall–Kier alpha value is -3.57. The number of fused-ring (bicyclic) bond motifs is 3. The zero-order chi connectivity index (χ0) is 25.6. The number of cyclic esters (lactones) is 1. The molecule has 0 radical (unpaired) electrons. The molecule has 1 unspecified atom stereocenters. The zero-order valence-corrected chi connectivity index (χ0v) is 20.3. The Bertz CT molecular complexity index is 1290. The van der Waals surface area contributed by atoms with Crippen molar-refractivity contribution in [3.8, 4) is 0 Å². The Morgan fingerprint density at radius 3 is 2.81 bits per heavy atom. The number of hydrogen-bond acceptors (Lipinski definition) is 8. The highest BCUT2D eigenvalue weighted by Gasteiger charge is 2.71. The Labute approximate surface area is 213 Å². The fourth-order valence-corrected chi connectivity index (χ4v) is 6.14. The summed E-state index contributed by atoms with van der Waals surface area (Å²) in [7, 11) is 0. The van der Waals surface area contributed by atoms with Gasteiger partial charge in [-0.3, -0.25) is 14.4 Å². The Morgan fingerprint density at radius 1 is 1.08 bits per heavy atom. The molecule has 0 aliphatic carbocycles. The number of rotatable bonds is 7. The number of carbonyl (C=O) groups excluding carboxylic acids is 3. The number of unbranched alkanes of at least 4 members (excludes halogenated alkanes) is 2. The zero-order valence-electron chi connectivity index (χ0n) is 20.3. The number of aromatic nitrogens is 3. The molecule has 11 heteroatoms. The molecule has 2 saturated heterocycles. The van der Waals surface area contributed by atoms with E-state index < -0.39 is 35.6 Å². The number of para-hydroxylation sites is 1. The smallest absolute Gasteiger partial charge is 0.313 e. The second kappa shape index (κ2) is 9.38. The summed E-state index contributed by atoms with van der Waals surface area (Å²) >= 11 is 0. The van der Waals surface area contributed by atoms with E-state index in [0.29, 0.717) is 32.4 Å². The lowest BCUT2D eigenvalue weighted by molar-refractivity contribution is -0.153.